The van der Waals surface area contributed by atoms with Crippen LogP contribution in [-0.2, 0) is 0 Å². The number of carbonyl (C=O) groups excluding carboxylic acids is 1. The Balaban J connectivity index is 2.92. The van der Waals surface area contributed by atoms with E-state index >= 15 is 0 Å². The van der Waals surface area contributed by atoms with Gasteiger partial charge >= 0.3 is 6.61 Å². The molecule has 0 saturated carbocycles. The number of aliphatic hydroxyl groups is 1. The number of halogens is 4. The van der Waals surface area contributed by atoms with Crippen molar-refractivity contribution < 1.29 is 32.2 Å². The summed E-state index contributed by atoms with van der Waals surface area (Å²) in [6.07, 6.45) is 0.805. The minimum atomic E-state index is -3.29. The molecule has 0 aromatic heterocycles. The first-order valence-electron chi connectivity index (χ1n) is 6.21. The quantitative estimate of drug-likeness (QED) is 0.761. The zero-order chi connectivity index (χ0) is 16.0. The van der Waals surface area contributed by atoms with Crippen molar-refractivity contribution in [3.8, 4) is 5.75 Å². The van der Waals surface area contributed by atoms with Gasteiger partial charge in [-0.25, -0.2) is 8.78 Å². The predicted octanol–water partition coefficient (Wildman–Crippen LogP) is 2.46. The molecule has 8 heteroatoms. The minimum absolute atomic E-state index is 0.0827. The maximum Gasteiger partial charge on any atom is 0.387 e. The summed E-state index contributed by atoms with van der Waals surface area (Å²) in [7, 11) is 0. The Bertz CT molecular complexity index is 497. The molecule has 0 bridgehead atoms. The van der Waals surface area contributed by atoms with Crippen LogP contribution < -0.4 is 10.1 Å². The fourth-order valence-corrected chi connectivity index (χ4v) is 1.69. The number of nitrogens with one attached hydrogen (secondary N) is 1. The molecular weight excluding hydrogens is 294 g/mol. The van der Waals surface area contributed by atoms with Gasteiger partial charge < -0.3 is 15.2 Å². The lowest BCUT2D eigenvalue weighted by Crippen LogP contribution is -2.34. The summed E-state index contributed by atoms with van der Waals surface area (Å²) in [5.41, 5.74) is -0.982. The van der Waals surface area contributed by atoms with Crippen LogP contribution in [0.3, 0.4) is 0 Å². The third kappa shape index (κ3) is 4.89. The summed E-state index contributed by atoms with van der Waals surface area (Å²) in [5.74, 6) is -4.64. The normalized spacial score (nSPS) is 12.3. The van der Waals surface area contributed by atoms with E-state index in [1.54, 1.807) is 6.92 Å². The molecule has 0 saturated heterocycles. The number of rotatable bonds is 7. The molecule has 0 aliphatic rings. The molecule has 1 atom stereocenters. The lowest BCUT2D eigenvalue weighted by molar-refractivity contribution is -0.0523. The fraction of sp³-hybridized carbons (Fsp3) is 0.462. The highest BCUT2D eigenvalue weighted by Crippen LogP contribution is 2.24. The monoisotopic (exact) mass is 309 g/mol. The van der Waals surface area contributed by atoms with E-state index in [0.717, 1.165) is 0 Å². The minimum Gasteiger partial charge on any atom is -0.432 e. The first kappa shape index (κ1) is 17.2. The summed E-state index contributed by atoms with van der Waals surface area (Å²) in [6, 6.07) is 0.916. The molecule has 1 rings (SSSR count). The molecule has 2 N–H and O–H groups in total. The molecule has 1 unspecified atom stereocenters. The van der Waals surface area contributed by atoms with Crippen LogP contribution in [0.25, 0.3) is 0 Å². The van der Waals surface area contributed by atoms with Crippen molar-refractivity contribution in [2.24, 2.45) is 0 Å². The molecule has 1 aromatic rings. The Morgan fingerprint density at radius 3 is 2.62 bits per heavy atom. The highest BCUT2D eigenvalue weighted by atomic mass is 19.3. The molecular formula is C13H15F4NO3. The average Bonchev–Trinajstić information content (AvgIpc) is 2.39. The highest BCUT2D eigenvalue weighted by Gasteiger charge is 2.23. The standard InChI is InChI=1S/C13H15F4NO3/c1-7(3-2-6-19)18-12(20)10-8(14)4-5-9(11(10)15)21-13(16)17/h4-5,7,13,19H,2-3,6H2,1H3,(H,18,20). The topological polar surface area (TPSA) is 58.6 Å². The number of amides is 1. The van der Waals surface area contributed by atoms with Gasteiger partial charge in [-0.1, -0.05) is 0 Å². The van der Waals surface area contributed by atoms with Gasteiger partial charge in [0, 0.05) is 12.6 Å². The third-order valence-electron chi connectivity index (χ3n) is 2.67. The van der Waals surface area contributed by atoms with E-state index in [0.29, 0.717) is 25.0 Å². The Morgan fingerprint density at radius 2 is 2.05 bits per heavy atom. The van der Waals surface area contributed by atoms with E-state index in [9.17, 15) is 22.4 Å². The van der Waals surface area contributed by atoms with E-state index in [4.69, 9.17) is 5.11 Å². The summed E-state index contributed by atoms with van der Waals surface area (Å²) < 4.78 is 55.4. The lowest BCUT2D eigenvalue weighted by Gasteiger charge is -2.15. The summed E-state index contributed by atoms with van der Waals surface area (Å²) in [6.45, 7) is -1.78. The number of hydrogen-bond donors (Lipinski definition) is 2. The summed E-state index contributed by atoms with van der Waals surface area (Å²) in [5, 5.41) is 11.0. The van der Waals surface area contributed by atoms with Gasteiger partial charge in [-0.3, -0.25) is 4.79 Å². The van der Waals surface area contributed by atoms with Crippen LogP contribution in [-0.4, -0.2) is 30.3 Å². The molecule has 0 aliphatic heterocycles. The van der Waals surface area contributed by atoms with Crippen LogP contribution in [0.4, 0.5) is 17.6 Å². The van der Waals surface area contributed by atoms with Crippen molar-refractivity contribution in [3.63, 3.8) is 0 Å². The van der Waals surface area contributed by atoms with Gasteiger partial charge in [0.2, 0.25) is 0 Å². The number of ether oxygens (including phenoxy) is 1. The van der Waals surface area contributed by atoms with Gasteiger partial charge in [0.15, 0.2) is 11.6 Å². The van der Waals surface area contributed by atoms with E-state index in [1.165, 1.54) is 0 Å². The van der Waals surface area contributed by atoms with Crippen LogP contribution in [0.5, 0.6) is 5.75 Å². The molecule has 0 fully saturated rings. The van der Waals surface area contributed by atoms with Crippen molar-refractivity contribution >= 4 is 5.91 Å². The van der Waals surface area contributed by atoms with Crippen LogP contribution in [0.2, 0.25) is 0 Å². The zero-order valence-corrected chi connectivity index (χ0v) is 11.2. The largest absolute Gasteiger partial charge is 0.432 e. The van der Waals surface area contributed by atoms with Crippen molar-refractivity contribution in [2.45, 2.75) is 32.4 Å². The fourth-order valence-electron chi connectivity index (χ4n) is 1.69. The Kier molecular flexibility index (Phi) is 6.41. The molecule has 1 aromatic carbocycles. The zero-order valence-electron chi connectivity index (χ0n) is 11.2. The predicted molar refractivity (Wildman–Crippen MR) is 66.2 cm³/mol. The van der Waals surface area contributed by atoms with Crippen LogP contribution >= 0.6 is 0 Å². The van der Waals surface area contributed by atoms with Crippen LogP contribution in [0, 0.1) is 11.6 Å². The molecule has 0 spiro atoms. The lowest BCUT2D eigenvalue weighted by atomic mass is 10.1. The number of aliphatic hydroxyl groups excluding tert-OH is 1. The summed E-state index contributed by atoms with van der Waals surface area (Å²) in [4.78, 5) is 11.8. The Hall–Kier alpha value is -1.83. The average molecular weight is 309 g/mol. The van der Waals surface area contributed by atoms with Crippen molar-refractivity contribution in [2.75, 3.05) is 6.61 Å². The van der Waals surface area contributed by atoms with Gasteiger partial charge in [0.1, 0.15) is 11.4 Å². The van der Waals surface area contributed by atoms with Crippen LogP contribution in [0.15, 0.2) is 12.1 Å². The van der Waals surface area contributed by atoms with Gasteiger partial charge in [-0.2, -0.15) is 8.78 Å². The van der Waals surface area contributed by atoms with E-state index < -0.39 is 41.5 Å². The Morgan fingerprint density at radius 1 is 1.38 bits per heavy atom. The number of carbonyl (C=O) groups is 1. The number of alkyl halides is 2. The van der Waals surface area contributed by atoms with E-state index in [2.05, 4.69) is 10.1 Å². The van der Waals surface area contributed by atoms with E-state index in [1.807, 2.05) is 0 Å². The second-order valence-electron chi connectivity index (χ2n) is 4.35. The molecule has 4 nitrogen and oxygen atoms in total. The number of benzene rings is 1. The smallest absolute Gasteiger partial charge is 0.387 e. The van der Waals surface area contributed by atoms with Crippen molar-refractivity contribution in [1.29, 1.82) is 0 Å². The second kappa shape index (κ2) is 7.82. The second-order valence-corrected chi connectivity index (χ2v) is 4.35. The SMILES string of the molecule is CC(CCCO)NC(=O)c1c(F)ccc(OC(F)F)c1F. The molecule has 118 valence electrons. The van der Waals surface area contributed by atoms with Gasteiger partial charge in [0.05, 0.1) is 0 Å². The highest BCUT2D eigenvalue weighted by molar-refractivity contribution is 5.95. The van der Waals surface area contributed by atoms with Crippen molar-refractivity contribution in [3.05, 3.63) is 29.3 Å². The van der Waals surface area contributed by atoms with Gasteiger partial charge in [-0.15, -0.1) is 0 Å². The molecule has 0 heterocycles. The maximum absolute atomic E-state index is 13.8. The van der Waals surface area contributed by atoms with Crippen molar-refractivity contribution in [1.82, 2.24) is 5.32 Å². The number of hydrogen-bond acceptors (Lipinski definition) is 3. The third-order valence-corrected chi connectivity index (χ3v) is 2.67. The first-order chi connectivity index (χ1) is 9.86. The van der Waals surface area contributed by atoms with Gasteiger partial charge in [-0.05, 0) is 31.9 Å². The molecule has 21 heavy (non-hydrogen) atoms. The maximum atomic E-state index is 13.8. The molecule has 0 aliphatic carbocycles. The summed E-state index contributed by atoms with van der Waals surface area (Å²) >= 11 is 0. The molecule has 1 amide bonds. The first-order valence-corrected chi connectivity index (χ1v) is 6.21. The molecule has 0 radical (unpaired) electrons. The van der Waals surface area contributed by atoms with Crippen LogP contribution in [0.1, 0.15) is 30.1 Å². The Labute approximate surface area is 118 Å². The van der Waals surface area contributed by atoms with Gasteiger partial charge in [0.25, 0.3) is 5.91 Å². The van der Waals surface area contributed by atoms with E-state index in [-0.39, 0.29) is 6.61 Å².